The molecule has 3 nitrogen and oxygen atoms in total. The highest BCUT2D eigenvalue weighted by Crippen LogP contribution is 2.55. The average Bonchev–Trinajstić information content (AvgIpc) is 2.82. The highest BCUT2D eigenvalue weighted by atomic mass is 35.5. The van der Waals surface area contributed by atoms with Crippen LogP contribution in [0, 0.1) is 23.7 Å². The van der Waals surface area contributed by atoms with Crippen LogP contribution >= 0.6 is 11.6 Å². The summed E-state index contributed by atoms with van der Waals surface area (Å²) in [4.78, 5) is 15.0. The Morgan fingerprint density at radius 3 is 2.42 bits per heavy atom. The van der Waals surface area contributed by atoms with Crippen LogP contribution in [-0.4, -0.2) is 23.5 Å². The van der Waals surface area contributed by atoms with Crippen LogP contribution in [-0.2, 0) is 5.54 Å². The zero-order valence-corrected chi connectivity index (χ0v) is 14.9. The number of benzene rings is 1. The van der Waals surface area contributed by atoms with E-state index < -0.39 is 0 Å². The van der Waals surface area contributed by atoms with Crippen molar-refractivity contribution in [3.63, 3.8) is 0 Å². The lowest BCUT2D eigenvalue weighted by atomic mass is 9.54. The number of amides is 2. The molecule has 4 bridgehead atoms. The summed E-state index contributed by atoms with van der Waals surface area (Å²) in [6, 6.07) is 8.50. The van der Waals surface area contributed by atoms with Gasteiger partial charge in [-0.3, -0.25) is 0 Å². The van der Waals surface area contributed by atoms with Crippen LogP contribution in [0.3, 0.4) is 0 Å². The summed E-state index contributed by atoms with van der Waals surface area (Å²) in [7, 11) is 0. The molecule has 1 saturated heterocycles. The van der Waals surface area contributed by atoms with Crippen molar-refractivity contribution in [2.24, 2.45) is 23.7 Å². The van der Waals surface area contributed by atoms with Gasteiger partial charge >= 0.3 is 6.03 Å². The molecule has 1 aromatic rings. The van der Waals surface area contributed by atoms with E-state index in [0.29, 0.717) is 6.04 Å². The van der Waals surface area contributed by atoms with Crippen molar-refractivity contribution in [3.8, 4) is 0 Å². The van der Waals surface area contributed by atoms with E-state index in [1.807, 2.05) is 18.2 Å². The Balaban J connectivity index is 1.43. The maximum Gasteiger partial charge on any atom is 0.318 e. The number of urea groups is 1. The van der Waals surface area contributed by atoms with Gasteiger partial charge < -0.3 is 10.2 Å². The monoisotopic (exact) mass is 344 g/mol. The van der Waals surface area contributed by atoms with E-state index in [1.54, 1.807) is 0 Å². The number of hydrogen-bond acceptors (Lipinski definition) is 1. The molecule has 2 amide bonds. The summed E-state index contributed by atoms with van der Waals surface area (Å²) in [6.45, 7) is 2.89. The van der Waals surface area contributed by atoms with Crippen molar-refractivity contribution in [2.45, 2.75) is 50.6 Å². The van der Waals surface area contributed by atoms with Crippen LogP contribution in [0.2, 0.25) is 5.02 Å². The van der Waals surface area contributed by atoms with Gasteiger partial charge in [-0.05, 0) is 80.4 Å². The summed E-state index contributed by atoms with van der Waals surface area (Å²) in [5, 5.41) is 3.99. The smallest absolute Gasteiger partial charge is 0.318 e. The predicted octanol–water partition coefficient (Wildman–Crippen LogP) is 4.41. The number of halogens is 1. The second kappa shape index (κ2) is 5.14. The fourth-order valence-electron chi connectivity index (χ4n) is 6.40. The van der Waals surface area contributed by atoms with Crippen molar-refractivity contribution in [1.82, 2.24) is 10.2 Å². The summed E-state index contributed by atoms with van der Waals surface area (Å²) in [6.07, 6.45) is 6.82. The highest BCUT2D eigenvalue weighted by molar-refractivity contribution is 6.30. The molecule has 1 heterocycles. The number of carbonyl (C=O) groups is 1. The molecule has 4 heteroatoms. The third-order valence-electron chi connectivity index (χ3n) is 7.13. The van der Waals surface area contributed by atoms with Gasteiger partial charge in [0.1, 0.15) is 0 Å². The van der Waals surface area contributed by atoms with Crippen molar-refractivity contribution in [2.75, 3.05) is 6.54 Å². The molecule has 4 saturated carbocycles. The topological polar surface area (TPSA) is 32.3 Å². The number of rotatable bonds is 2. The lowest BCUT2D eigenvalue weighted by Crippen LogP contribution is -2.56. The summed E-state index contributed by atoms with van der Waals surface area (Å²) >= 11 is 6.18. The molecule has 4 aliphatic carbocycles. The maximum absolute atomic E-state index is 12.9. The van der Waals surface area contributed by atoms with Crippen LogP contribution in [0.1, 0.15) is 44.6 Å². The first-order chi connectivity index (χ1) is 11.5. The zero-order valence-electron chi connectivity index (χ0n) is 14.2. The van der Waals surface area contributed by atoms with Gasteiger partial charge in [-0.1, -0.05) is 23.7 Å². The van der Waals surface area contributed by atoms with E-state index in [2.05, 4.69) is 23.2 Å². The fourth-order valence-corrected chi connectivity index (χ4v) is 6.59. The van der Waals surface area contributed by atoms with Crippen molar-refractivity contribution in [3.05, 3.63) is 34.9 Å². The quantitative estimate of drug-likeness (QED) is 0.847. The second-order valence-electron chi connectivity index (χ2n) is 8.82. The molecule has 0 spiro atoms. The van der Waals surface area contributed by atoms with Crippen molar-refractivity contribution < 1.29 is 4.79 Å². The first-order valence-electron chi connectivity index (χ1n) is 9.37. The van der Waals surface area contributed by atoms with Gasteiger partial charge in [0.15, 0.2) is 0 Å². The molecule has 24 heavy (non-hydrogen) atoms. The minimum absolute atomic E-state index is 0.120. The Bertz CT molecular complexity index is 662. The Labute approximate surface area is 148 Å². The number of carbonyl (C=O) groups excluding carboxylic acids is 1. The molecule has 1 N–H and O–H groups in total. The van der Waals surface area contributed by atoms with Crippen molar-refractivity contribution in [1.29, 1.82) is 0 Å². The van der Waals surface area contributed by atoms with E-state index >= 15 is 0 Å². The molecular formula is C20H25ClN2O. The number of nitrogens with one attached hydrogen (secondary N) is 1. The molecule has 6 rings (SSSR count). The molecule has 5 aliphatic rings. The van der Waals surface area contributed by atoms with Gasteiger partial charge in [-0.25, -0.2) is 4.79 Å². The average molecular weight is 345 g/mol. The summed E-state index contributed by atoms with van der Waals surface area (Å²) < 4.78 is 0. The summed E-state index contributed by atoms with van der Waals surface area (Å²) in [5.74, 6) is 3.34. The van der Waals surface area contributed by atoms with Gasteiger partial charge in [-0.15, -0.1) is 0 Å². The zero-order chi connectivity index (χ0) is 16.5. The third-order valence-corrected chi connectivity index (χ3v) is 7.36. The highest BCUT2D eigenvalue weighted by Gasteiger charge is 2.54. The Hall–Kier alpha value is -1.22. The van der Waals surface area contributed by atoms with Crippen LogP contribution in [0.5, 0.6) is 0 Å². The van der Waals surface area contributed by atoms with Gasteiger partial charge in [0.25, 0.3) is 0 Å². The molecule has 0 aromatic heterocycles. The number of nitrogens with zero attached hydrogens (tertiary/aromatic N) is 1. The molecule has 1 atom stereocenters. The molecule has 1 aromatic carbocycles. The Kier molecular flexibility index (Phi) is 3.23. The second-order valence-corrected chi connectivity index (χ2v) is 9.26. The van der Waals surface area contributed by atoms with E-state index in [4.69, 9.17) is 11.6 Å². The van der Waals surface area contributed by atoms with Crippen LogP contribution < -0.4 is 5.32 Å². The molecule has 128 valence electrons. The molecule has 1 aliphatic heterocycles. The first-order valence-corrected chi connectivity index (χ1v) is 9.74. The summed E-state index contributed by atoms with van der Waals surface area (Å²) in [5.41, 5.74) is 0.770. The first kappa shape index (κ1) is 15.1. The Morgan fingerprint density at radius 1 is 1.12 bits per heavy atom. The minimum atomic E-state index is -0.337. The largest absolute Gasteiger partial charge is 0.327 e. The predicted molar refractivity (Wildman–Crippen MR) is 94.9 cm³/mol. The van der Waals surface area contributed by atoms with Crippen LogP contribution in [0.4, 0.5) is 4.79 Å². The van der Waals surface area contributed by atoms with Gasteiger partial charge in [0.05, 0.1) is 5.54 Å². The van der Waals surface area contributed by atoms with Gasteiger partial charge in [0.2, 0.25) is 0 Å². The molecular weight excluding hydrogens is 320 g/mol. The van der Waals surface area contributed by atoms with Crippen LogP contribution in [0.25, 0.3) is 0 Å². The SMILES string of the molecule is CC1(c2cccc(Cl)c2)CN(C2C3CC4CC(C3)CC2C4)C(=O)N1. The molecule has 5 fully saturated rings. The van der Waals surface area contributed by atoms with Gasteiger partial charge in [0, 0.05) is 17.6 Å². The minimum Gasteiger partial charge on any atom is -0.327 e. The standard InChI is InChI=1S/C20H25ClN2O/c1-20(16-3-2-4-17(21)10-16)11-23(19(24)22-20)18-14-6-12-5-13(8-14)9-15(18)7-12/h2-4,10,12-15,18H,5-9,11H2,1H3,(H,22,24). The van der Waals surface area contributed by atoms with Crippen LogP contribution in [0.15, 0.2) is 24.3 Å². The molecule has 0 radical (unpaired) electrons. The Morgan fingerprint density at radius 2 is 1.79 bits per heavy atom. The van der Waals surface area contributed by atoms with Gasteiger partial charge in [-0.2, -0.15) is 0 Å². The van der Waals surface area contributed by atoms with E-state index in [-0.39, 0.29) is 11.6 Å². The lowest BCUT2D eigenvalue weighted by molar-refractivity contribution is -0.0483. The van der Waals surface area contributed by atoms with E-state index in [0.717, 1.165) is 40.8 Å². The molecule has 1 unspecified atom stereocenters. The fraction of sp³-hybridized carbons (Fsp3) is 0.650. The van der Waals surface area contributed by atoms with Crippen molar-refractivity contribution >= 4 is 17.6 Å². The normalized spacial score (nSPS) is 43.3. The maximum atomic E-state index is 12.9. The van der Waals surface area contributed by atoms with E-state index in [1.165, 1.54) is 32.1 Å². The third kappa shape index (κ3) is 2.20. The van der Waals surface area contributed by atoms with E-state index in [9.17, 15) is 4.79 Å². The number of hydrogen-bond donors (Lipinski definition) is 1. The lowest BCUT2D eigenvalue weighted by Gasteiger charge is -2.56.